The van der Waals surface area contributed by atoms with Crippen LogP contribution < -0.4 is 11.1 Å². The summed E-state index contributed by atoms with van der Waals surface area (Å²) in [5.41, 5.74) is 4.99. The van der Waals surface area contributed by atoms with E-state index in [0.29, 0.717) is 26.1 Å². The molecule has 0 heterocycles. The first-order valence-corrected chi connectivity index (χ1v) is 12.2. The van der Waals surface area contributed by atoms with Crippen LogP contribution in [-0.2, 0) is 14.4 Å². The number of hydrogen-bond acceptors (Lipinski definition) is 7. The van der Waals surface area contributed by atoms with E-state index in [4.69, 9.17) is 26.2 Å². The summed E-state index contributed by atoms with van der Waals surface area (Å²) < 4.78 is 0. The first-order valence-electron chi connectivity index (χ1n) is 12.2. The van der Waals surface area contributed by atoms with E-state index in [0.717, 1.165) is 19.3 Å². The highest BCUT2D eigenvalue weighted by Gasteiger charge is 2.20. The molecule has 0 saturated carbocycles. The van der Waals surface area contributed by atoms with E-state index in [1.165, 1.54) is 38.5 Å². The summed E-state index contributed by atoms with van der Waals surface area (Å²) in [6, 6.07) is -1.03. The van der Waals surface area contributed by atoms with Gasteiger partial charge in [0.2, 0.25) is 11.8 Å². The zero-order chi connectivity index (χ0) is 25.3. The molecule has 0 unspecified atom stereocenters. The lowest BCUT2D eigenvalue weighted by Crippen LogP contribution is -2.41. The van der Waals surface area contributed by atoms with Crippen LogP contribution in [0.25, 0.3) is 0 Å². The largest absolute Gasteiger partial charge is 0.480 e. The number of primary amides is 1. The van der Waals surface area contributed by atoms with Crippen LogP contribution in [0.15, 0.2) is 0 Å². The molecular formula is C23H47N3O7. The number of carboxylic acid groups (broad SMARTS) is 1. The molecule has 0 aromatic heterocycles. The van der Waals surface area contributed by atoms with Crippen molar-refractivity contribution in [3.8, 4) is 0 Å². The summed E-state index contributed by atoms with van der Waals surface area (Å²) >= 11 is 0. The zero-order valence-electron chi connectivity index (χ0n) is 20.3. The fourth-order valence-electron chi connectivity index (χ4n) is 3.17. The minimum Gasteiger partial charge on any atom is -0.480 e. The van der Waals surface area contributed by atoms with E-state index < -0.39 is 17.9 Å². The second-order valence-electron chi connectivity index (χ2n) is 8.05. The van der Waals surface area contributed by atoms with Crippen LogP contribution >= 0.6 is 0 Å². The van der Waals surface area contributed by atoms with E-state index >= 15 is 0 Å². The lowest BCUT2D eigenvalue weighted by atomic mass is 10.1. The molecule has 33 heavy (non-hydrogen) atoms. The molecule has 2 amide bonds. The Balaban J connectivity index is 0. The Kier molecular flexibility index (Phi) is 25.2. The highest BCUT2D eigenvalue weighted by Crippen LogP contribution is 2.10. The molecule has 10 nitrogen and oxygen atoms in total. The van der Waals surface area contributed by atoms with Crippen LogP contribution in [-0.4, -0.2) is 88.6 Å². The molecule has 0 aliphatic heterocycles. The maximum Gasteiger partial charge on any atom is 0.326 e. The van der Waals surface area contributed by atoms with Gasteiger partial charge < -0.3 is 31.5 Å². The normalized spacial score (nSPS) is 11.5. The van der Waals surface area contributed by atoms with E-state index in [9.17, 15) is 14.4 Å². The molecule has 10 heteroatoms. The SMILES string of the molecule is CCCCCCCCCCCC(=O)N[C@@H](CCC(N)=O)C(=O)O.OCCN(CCO)CCO. The summed E-state index contributed by atoms with van der Waals surface area (Å²) in [6.45, 7) is 3.96. The Morgan fingerprint density at radius 2 is 1.24 bits per heavy atom. The van der Waals surface area contributed by atoms with Crippen molar-refractivity contribution in [3.63, 3.8) is 0 Å². The Morgan fingerprint density at radius 1 is 0.788 bits per heavy atom. The number of aliphatic hydroxyl groups excluding tert-OH is 3. The van der Waals surface area contributed by atoms with Gasteiger partial charge in [0.1, 0.15) is 6.04 Å². The van der Waals surface area contributed by atoms with E-state index in [-0.39, 0.29) is 38.6 Å². The number of amides is 2. The van der Waals surface area contributed by atoms with Gasteiger partial charge in [-0.1, -0.05) is 58.3 Å². The summed E-state index contributed by atoms with van der Waals surface area (Å²) in [5, 5.41) is 36.9. The Bertz CT molecular complexity index is 478. The van der Waals surface area contributed by atoms with Gasteiger partial charge in [-0.05, 0) is 12.8 Å². The second-order valence-corrected chi connectivity index (χ2v) is 8.05. The van der Waals surface area contributed by atoms with E-state index in [1.54, 1.807) is 4.90 Å². The maximum absolute atomic E-state index is 11.7. The molecule has 0 aromatic carbocycles. The number of nitrogens with two attached hydrogens (primary N) is 1. The number of carbonyl (C=O) groups excluding carboxylic acids is 2. The van der Waals surface area contributed by atoms with Gasteiger partial charge in [-0.25, -0.2) is 4.79 Å². The van der Waals surface area contributed by atoms with Crippen LogP contribution in [0.1, 0.15) is 84.0 Å². The van der Waals surface area contributed by atoms with Crippen LogP contribution in [0.2, 0.25) is 0 Å². The topological polar surface area (TPSA) is 173 Å². The molecule has 0 bridgehead atoms. The summed E-state index contributed by atoms with van der Waals surface area (Å²) in [7, 11) is 0. The predicted molar refractivity (Wildman–Crippen MR) is 128 cm³/mol. The van der Waals surface area contributed by atoms with Crippen molar-refractivity contribution in [1.29, 1.82) is 0 Å². The molecular weight excluding hydrogens is 430 g/mol. The molecule has 0 radical (unpaired) electrons. The monoisotopic (exact) mass is 477 g/mol. The van der Waals surface area contributed by atoms with Gasteiger partial charge in [0.15, 0.2) is 0 Å². The first-order chi connectivity index (χ1) is 15.8. The number of unbranched alkanes of at least 4 members (excludes halogenated alkanes) is 8. The third-order valence-electron chi connectivity index (χ3n) is 5.07. The molecule has 0 rings (SSSR count). The predicted octanol–water partition coefficient (Wildman–Crippen LogP) is 1.01. The van der Waals surface area contributed by atoms with Crippen molar-refractivity contribution in [3.05, 3.63) is 0 Å². The second kappa shape index (κ2) is 24.9. The van der Waals surface area contributed by atoms with Crippen LogP contribution in [0.3, 0.4) is 0 Å². The Labute approximate surface area is 198 Å². The van der Waals surface area contributed by atoms with Crippen molar-refractivity contribution < 1.29 is 34.8 Å². The van der Waals surface area contributed by atoms with Gasteiger partial charge >= 0.3 is 5.97 Å². The number of nitrogens with one attached hydrogen (secondary N) is 1. The number of aliphatic carboxylic acids is 1. The van der Waals surface area contributed by atoms with Gasteiger partial charge in [0.05, 0.1) is 19.8 Å². The molecule has 0 fully saturated rings. The minimum atomic E-state index is -1.13. The van der Waals surface area contributed by atoms with E-state index in [2.05, 4.69) is 12.2 Å². The van der Waals surface area contributed by atoms with E-state index in [1.807, 2.05) is 0 Å². The highest BCUT2D eigenvalue weighted by molar-refractivity contribution is 5.84. The summed E-state index contributed by atoms with van der Waals surface area (Å²) in [6.07, 6.45) is 10.8. The highest BCUT2D eigenvalue weighted by atomic mass is 16.4. The number of carboxylic acids is 1. The number of rotatable bonds is 21. The standard InChI is InChI=1S/C17H32N2O4.C6H15NO3/c1-2-3-4-5-6-7-8-9-10-11-16(21)19-14(17(22)23)12-13-15(18)20;8-4-1-7(2-5-9)3-6-10/h14H,2-13H2,1H3,(H2,18,20)(H,19,21)(H,22,23);8-10H,1-6H2/t14-;/m0./s1. The molecule has 1 atom stereocenters. The first kappa shape index (κ1) is 33.4. The van der Waals surface area contributed by atoms with Gasteiger partial charge in [-0.2, -0.15) is 0 Å². The summed E-state index contributed by atoms with van der Waals surface area (Å²) in [5.74, 6) is -1.97. The zero-order valence-corrected chi connectivity index (χ0v) is 20.3. The average molecular weight is 478 g/mol. The van der Waals surface area contributed by atoms with Crippen LogP contribution in [0.4, 0.5) is 0 Å². The lowest BCUT2D eigenvalue weighted by molar-refractivity contribution is -0.142. The number of aliphatic hydroxyl groups is 3. The molecule has 0 spiro atoms. The van der Waals surface area contributed by atoms with Crippen molar-refractivity contribution in [1.82, 2.24) is 10.2 Å². The number of carbonyl (C=O) groups is 3. The molecule has 0 aromatic rings. The van der Waals surface area contributed by atoms with Crippen LogP contribution in [0.5, 0.6) is 0 Å². The van der Waals surface area contributed by atoms with Gasteiger partial charge in [-0.3, -0.25) is 14.5 Å². The van der Waals surface area contributed by atoms with Gasteiger partial charge in [0, 0.05) is 32.5 Å². The van der Waals surface area contributed by atoms with Crippen molar-refractivity contribution in [2.75, 3.05) is 39.5 Å². The Morgan fingerprint density at radius 3 is 1.64 bits per heavy atom. The van der Waals surface area contributed by atoms with Crippen molar-refractivity contribution in [2.24, 2.45) is 5.73 Å². The minimum absolute atomic E-state index is 0.0359. The fourth-order valence-corrected chi connectivity index (χ4v) is 3.17. The number of hydrogen-bond donors (Lipinski definition) is 6. The fraction of sp³-hybridized carbons (Fsp3) is 0.870. The summed E-state index contributed by atoms with van der Waals surface area (Å²) in [4.78, 5) is 35.2. The quantitative estimate of drug-likeness (QED) is 0.133. The molecule has 0 aliphatic carbocycles. The third-order valence-corrected chi connectivity index (χ3v) is 5.07. The average Bonchev–Trinajstić information content (AvgIpc) is 2.76. The van der Waals surface area contributed by atoms with Gasteiger partial charge in [-0.15, -0.1) is 0 Å². The Hall–Kier alpha value is -1.75. The molecule has 0 saturated heterocycles. The lowest BCUT2D eigenvalue weighted by Gasteiger charge is -2.17. The van der Waals surface area contributed by atoms with Crippen molar-refractivity contribution in [2.45, 2.75) is 90.0 Å². The smallest absolute Gasteiger partial charge is 0.326 e. The van der Waals surface area contributed by atoms with Crippen molar-refractivity contribution >= 4 is 17.8 Å². The maximum atomic E-state index is 11.7. The van der Waals surface area contributed by atoms with Crippen LogP contribution in [0, 0.1) is 0 Å². The number of nitrogens with zero attached hydrogens (tertiary/aromatic N) is 1. The third kappa shape index (κ3) is 24.7. The molecule has 7 N–H and O–H groups in total. The molecule has 196 valence electrons. The molecule has 0 aliphatic rings. The van der Waals surface area contributed by atoms with Gasteiger partial charge in [0.25, 0.3) is 0 Å².